The summed E-state index contributed by atoms with van der Waals surface area (Å²) in [5.41, 5.74) is 0.674. The van der Waals surface area contributed by atoms with Crippen LogP contribution in [0.5, 0.6) is 5.75 Å². The molecule has 2 N–H and O–H groups in total. The number of amides is 3. The summed E-state index contributed by atoms with van der Waals surface area (Å²) in [6, 6.07) is 6.89. The number of ether oxygens (including phenoxy) is 2. The van der Waals surface area contributed by atoms with Gasteiger partial charge in [0.2, 0.25) is 11.8 Å². The third-order valence-corrected chi connectivity index (χ3v) is 4.94. The van der Waals surface area contributed by atoms with Gasteiger partial charge in [-0.15, -0.1) is 0 Å². The minimum atomic E-state index is -0.630. The van der Waals surface area contributed by atoms with Crippen molar-refractivity contribution in [1.29, 1.82) is 0 Å². The predicted octanol–water partition coefficient (Wildman–Crippen LogP) is -0.226. The first kappa shape index (κ1) is 21.1. The van der Waals surface area contributed by atoms with Crippen LogP contribution in [-0.2, 0) is 19.1 Å². The second kappa shape index (κ2) is 9.71. The van der Waals surface area contributed by atoms with Gasteiger partial charge in [0.1, 0.15) is 5.75 Å². The van der Waals surface area contributed by atoms with Crippen molar-refractivity contribution in [3.63, 3.8) is 0 Å². The number of nitrogens with one attached hydrogen (secondary N) is 1. The number of rotatable bonds is 7. The van der Waals surface area contributed by atoms with Crippen LogP contribution in [0, 0.1) is 5.92 Å². The van der Waals surface area contributed by atoms with Gasteiger partial charge in [-0.1, -0.05) is 0 Å². The highest BCUT2D eigenvalue weighted by Crippen LogP contribution is 2.27. The number of aliphatic hydroxyl groups excluding tert-OH is 1. The van der Waals surface area contributed by atoms with Crippen molar-refractivity contribution in [2.75, 3.05) is 50.9 Å². The number of benzene rings is 1. The highest BCUT2D eigenvalue weighted by atomic mass is 16.5. The van der Waals surface area contributed by atoms with Gasteiger partial charge in [0.15, 0.2) is 6.61 Å². The van der Waals surface area contributed by atoms with E-state index in [0.717, 1.165) is 0 Å². The molecule has 2 saturated heterocycles. The Balaban J connectivity index is 1.51. The molecular formula is C20H27N3O6. The Morgan fingerprint density at radius 1 is 1.28 bits per heavy atom. The maximum absolute atomic E-state index is 12.3. The van der Waals surface area contributed by atoms with E-state index in [2.05, 4.69) is 5.32 Å². The number of carbonyl (C=O) groups excluding carboxylic acids is 3. The van der Waals surface area contributed by atoms with Crippen LogP contribution >= 0.6 is 0 Å². The zero-order valence-corrected chi connectivity index (χ0v) is 16.5. The number of nitrogens with zero attached hydrogens (tertiary/aromatic N) is 2. The van der Waals surface area contributed by atoms with Crippen LogP contribution in [0.25, 0.3) is 0 Å². The van der Waals surface area contributed by atoms with Gasteiger partial charge in [0.05, 0.1) is 25.2 Å². The highest BCUT2D eigenvalue weighted by Gasteiger charge is 2.35. The van der Waals surface area contributed by atoms with Crippen molar-refractivity contribution < 1.29 is 29.0 Å². The maximum Gasteiger partial charge on any atom is 0.260 e. The average molecular weight is 405 g/mol. The SMILES string of the molecule is C[C@@H](O)CNC(=O)[C@H]1CC(=O)N(c2ccc(OCC(=O)N3CCOCC3)cc2)C1. The summed E-state index contributed by atoms with van der Waals surface area (Å²) in [5, 5.41) is 11.9. The maximum atomic E-state index is 12.3. The molecule has 2 fully saturated rings. The van der Waals surface area contributed by atoms with Crippen molar-refractivity contribution in [1.82, 2.24) is 10.2 Å². The first-order valence-electron chi connectivity index (χ1n) is 9.78. The molecule has 0 spiro atoms. The van der Waals surface area contributed by atoms with Crippen LogP contribution in [0.4, 0.5) is 5.69 Å². The van der Waals surface area contributed by atoms with Gasteiger partial charge in [-0.3, -0.25) is 14.4 Å². The van der Waals surface area contributed by atoms with E-state index in [1.165, 1.54) is 0 Å². The first-order valence-corrected chi connectivity index (χ1v) is 9.78. The lowest BCUT2D eigenvalue weighted by atomic mass is 10.1. The van der Waals surface area contributed by atoms with E-state index in [1.54, 1.807) is 41.0 Å². The number of hydrogen-bond acceptors (Lipinski definition) is 6. The molecule has 1 aromatic rings. The van der Waals surface area contributed by atoms with Crippen LogP contribution in [0.1, 0.15) is 13.3 Å². The first-order chi connectivity index (χ1) is 13.9. The number of aliphatic hydroxyl groups is 1. The summed E-state index contributed by atoms with van der Waals surface area (Å²) >= 11 is 0. The van der Waals surface area contributed by atoms with Gasteiger partial charge < -0.3 is 29.7 Å². The fourth-order valence-corrected chi connectivity index (χ4v) is 3.30. The van der Waals surface area contributed by atoms with E-state index in [0.29, 0.717) is 44.3 Å². The van der Waals surface area contributed by atoms with Crippen LogP contribution in [0.15, 0.2) is 24.3 Å². The molecule has 158 valence electrons. The lowest BCUT2D eigenvalue weighted by Crippen LogP contribution is -2.42. The summed E-state index contributed by atoms with van der Waals surface area (Å²) in [5.74, 6) is -0.351. The molecule has 3 amide bonds. The lowest BCUT2D eigenvalue weighted by molar-refractivity contribution is -0.137. The second-order valence-electron chi connectivity index (χ2n) is 7.28. The lowest BCUT2D eigenvalue weighted by Gasteiger charge is -2.26. The molecule has 0 aliphatic carbocycles. The molecule has 2 heterocycles. The Hall–Kier alpha value is -2.65. The predicted molar refractivity (Wildman–Crippen MR) is 104 cm³/mol. The fraction of sp³-hybridized carbons (Fsp3) is 0.550. The van der Waals surface area contributed by atoms with Crippen molar-refractivity contribution in [3.8, 4) is 5.75 Å². The third-order valence-electron chi connectivity index (χ3n) is 4.94. The molecule has 0 aromatic heterocycles. The summed E-state index contributed by atoms with van der Waals surface area (Å²) in [6.45, 7) is 4.23. The molecule has 29 heavy (non-hydrogen) atoms. The minimum Gasteiger partial charge on any atom is -0.484 e. The summed E-state index contributed by atoms with van der Waals surface area (Å²) in [7, 11) is 0. The zero-order chi connectivity index (χ0) is 20.8. The molecule has 2 atom stereocenters. The summed E-state index contributed by atoms with van der Waals surface area (Å²) < 4.78 is 10.8. The van der Waals surface area contributed by atoms with E-state index >= 15 is 0 Å². The summed E-state index contributed by atoms with van der Waals surface area (Å²) in [6.07, 6.45) is -0.493. The molecule has 1 aromatic carbocycles. The van der Waals surface area contributed by atoms with E-state index < -0.39 is 12.0 Å². The van der Waals surface area contributed by atoms with Crippen molar-refractivity contribution in [2.24, 2.45) is 5.92 Å². The molecular weight excluding hydrogens is 378 g/mol. The average Bonchev–Trinajstić information content (AvgIpc) is 3.13. The standard InChI is InChI=1S/C20H27N3O6/c1-14(24)11-21-20(27)15-10-18(25)23(12-15)16-2-4-17(5-3-16)29-13-19(26)22-6-8-28-9-7-22/h2-5,14-15,24H,6-13H2,1H3,(H,21,27)/t14-,15+/m1/s1. The van der Waals surface area contributed by atoms with Crippen molar-refractivity contribution in [2.45, 2.75) is 19.4 Å². The van der Waals surface area contributed by atoms with E-state index in [9.17, 15) is 19.5 Å². The molecule has 9 heteroatoms. The third kappa shape index (κ3) is 5.68. The number of morpholine rings is 1. The smallest absolute Gasteiger partial charge is 0.260 e. The van der Waals surface area contributed by atoms with Crippen molar-refractivity contribution >= 4 is 23.4 Å². The molecule has 3 rings (SSSR count). The molecule has 0 radical (unpaired) electrons. The quantitative estimate of drug-likeness (QED) is 0.649. The Kier molecular flexibility index (Phi) is 7.05. The molecule has 0 unspecified atom stereocenters. The molecule has 2 aliphatic heterocycles. The van der Waals surface area contributed by atoms with Gasteiger partial charge in [-0.05, 0) is 31.2 Å². The van der Waals surface area contributed by atoms with E-state index in [1.807, 2.05) is 0 Å². The zero-order valence-electron chi connectivity index (χ0n) is 16.5. The second-order valence-corrected chi connectivity index (χ2v) is 7.28. The van der Waals surface area contributed by atoms with E-state index in [-0.39, 0.29) is 37.3 Å². The molecule has 2 aliphatic rings. The van der Waals surface area contributed by atoms with Crippen LogP contribution in [-0.4, -0.2) is 79.8 Å². The molecule has 0 saturated carbocycles. The highest BCUT2D eigenvalue weighted by molar-refractivity contribution is 6.00. The fourth-order valence-electron chi connectivity index (χ4n) is 3.30. The Morgan fingerprint density at radius 2 is 1.97 bits per heavy atom. The van der Waals surface area contributed by atoms with Gasteiger partial charge >= 0.3 is 0 Å². The minimum absolute atomic E-state index is 0.0481. The number of hydrogen-bond donors (Lipinski definition) is 2. The largest absolute Gasteiger partial charge is 0.484 e. The Bertz CT molecular complexity index is 730. The Labute approximate surface area is 169 Å². The van der Waals surface area contributed by atoms with Gasteiger partial charge in [-0.25, -0.2) is 0 Å². The van der Waals surface area contributed by atoms with Crippen LogP contribution in [0.3, 0.4) is 0 Å². The molecule has 9 nitrogen and oxygen atoms in total. The van der Waals surface area contributed by atoms with Crippen LogP contribution in [0.2, 0.25) is 0 Å². The van der Waals surface area contributed by atoms with Gasteiger partial charge in [-0.2, -0.15) is 0 Å². The number of carbonyl (C=O) groups is 3. The topological polar surface area (TPSA) is 108 Å². The molecule has 0 bridgehead atoms. The van der Waals surface area contributed by atoms with Gasteiger partial charge in [0, 0.05) is 38.3 Å². The monoisotopic (exact) mass is 405 g/mol. The number of anilines is 1. The van der Waals surface area contributed by atoms with E-state index in [4.69, 9.17) is 9.47 Å². The van der Waals surface area contributed by atoms with Crippen molar-refractivity contribution in [3.05, 3.63) is 24.3 Å². The van der Waals surface area contributed by atoms with Crippen LogP contribution < -0.4 is 15.0 Å². The van der Waals surface area contributed by atoms with Gasteiger partial charge in [0.25, 0.3) is 5.91 Å². The Morgan fingerprint density at radius 3 is 2.62 bits per heavy atom. The normalized spacial score (nSPS) is 20.5. The summed E-state index contributed by atoms with van der Waals surface area (Å²) in [4.78, 5) is 39.8.